The maximum atomic E-state index is 12.9. The molecule has 0 aliphatic carbocycles. The van der Waals surface area contributed by atoms with Crippen LogP contribution in [0, 0.1) is 0 Å². The van der Waals surface area contributed by atoms with E-state index in [1.165, 1.54) is 31.4 Å². The molecule has 0 atom stereocenters. The number of amides is 2. The number of halogens is 3. The Bertz CT molecular complexity index is 1260. The largest absolute Gasteiger partial charge is 0.484 e. The summed E-state index contributed by atoms with van der Waals surface area (Å²) in [5.41, 5.74) is -2.19. The normalized spacial score (nSPS) is 11.0. The molecule has 0 fully saturated rings. The van der Waals surface area contributed by atoms with Crippen molar-refractivity contribution >= 4 is 17.5 Å². The van der Waals surface area contributed by atoms with E-state index >= 15 is 0 Å². The minimum absolute atomic E-state index is 0.182. The van der Waals surface area contributed by atoms with Crippen LogP contribution in [-0.2, 0) is 18.0 Å². The number of nitrogens with zero attached hydrogens (tertiary/aromatic N) is 2. The fraction of sp³-hybridized carbons (Fsp3) is 0.182. The summed E-state index contributed by atoms with van der Waals surface area (Å²) in [4.78, 5) is 39.7. The number of hydrogen-bond donors (Lipinski definition) is 2. The van der Waals surface area contributed by atoms with Crippen LogP contribution in [0.25, 0.3) is 0 Å². The highest BCUT2D eigenvalue weighted by Gasteiger charge is 2.32. The first-order valence-electron chi connectivity index (χ1n) is 9.73. The van der Waals surface area contributed by atoms with Crippen molar-refractivity contribution in [2.75, 3.05) is 19.0 Å². The third kappa shape index (κ3) is 6.12. The van der Waals surface area contributed by atoms with Crippen molar-refractivity contribution in [2.24, 2.45) is 7.05 Å². The summed E-state index contributed by atoms with van der Waals surface area (Å²) >= 11 is 0. The van der Waals surface area contributed by atoms with Crippen LogP contribution < -0.4 is 25.7 Å². The highest BCUT2D eigenvalue weighted by Crippen LogP contribution is 2.29. The van der Waals surface area contributed by atoms with Gasteiger partial charge in [0, 0.05) is 32.6 Å². The average molecular weight is 476 g/mol. The second-order valence-electron chi connectivity index (χ2n) is 6.92. The van der Waals surface area contributed by atoms with Gasteiger partial charge in [-0.15, -0.1) is 0 Å². The van der Waals surface area contributed by atoms with Gasteiger partial charge < -0.3 is 24.7 Å². The lowest BCUT2D eigenvalue weighted by Crippen LogP contribution is -2.28. The lowest BCUT2D eigenvalue weighted by molar-refractivity contribution is -0.138. The number of ether oxygens (including phenoxy) is 2. The number of pyridine rings is 2. The molecule has 0 bridgehead atoms. The van der Waals surface area contributed by atoms with Crippen LogP contribution >= 0.6 is 0 Å². The number of hydrogen-bond acceptors (Lipinski definition) is 6. The second kappa shape index (κ2) is 10.1. The van der Waals surface area contributed by atoms with Crippen molar-refractivity contribution in [1.29, 1.82) is 0 Å². The van der Waals surface area contributed by atoms with Gasteiger partial charge in [0.25, 0.3) is 17.4 Å². The Morgan fingerprint density at radius 2 is 1.74 bits per heavy atom. The number of benzene rings is 1. The fourth-order valence-corrected chi connectivity index (χ4v) is 2.76. The van der Waals surface area contributed by atoms with Gasteiger partial charge in [0.05, 0.1) is 5.56 Å². The van der Waals surface area contributed by atoms with Crippen LogP contribution in [-0.4, -0.2) is 35.0 Å². The van der Waals surface area contributed by atoms with E-state index < -0.39 is 35.5 Å². The Morgan fingerprint density at radius 3 is 2.38 bits per heavy atom. The summed E-state index contributed by atoms with van der Waals surface area (Å²) in [6.07, 6.45) is -2.61. The summed E-state index contributed by atoms with van der Waals surface area (Å²) in [5.74, 6) is -0.103. The van der Waals surface area contributed by atoms with E-state index in [0.717, 1.165) is 11.6 Å². The van der Waals surface area contributed by atoms with Crippen LogP contribution in [0.5, 0.6) is 17.2 Å². The fourth-order valence-electron chi connectivity index (χ4n) is 2.76. The molecule has 0 saturated heterocycles. The molecule has 2 heterocycles. The number of nitrogens with one attached hydrogen (secondary N) is 2. The van der Waals surface area contributed by atoms with E-state index in [-0.39, 0.29) is 17.4 Å². The molecule has 2 N–H and O–H groups in total. The molecule has 0 aliphatic rings. The smallest absolute Gasteiger partial charge is 0.417 e. The molecule has 0 spiro atoms. The molecule has 3 aromatic rings. The summed E-state index contributed by atoms with van der Waals surface area (Å²) in [5, 5.41) is 4.59. The molecule has 1 aromatic carbocycles. The zero-order valence-electron chi connectivity index (χ0n) is 18.0. The number of carbonyl (C=O) groups is 2. The average Bonchev–Trinajstić information content (AvgIpc) is 2.80. The van der Waals surface area contributed by atoms with Crippen molar-refractivity contribution < 1.29 is 32.2 Å². The molecule has 9 nitrogen and oxygen atoms in total. The van der Waals surface area contributed by atoms with E-state index in [9.17, 15) is 27.6 Å². The molecule has 0 saturated carbocycles. The summed E-state index contributed by atoms with van der Waals surface area (Å²) in [6.45, 7) is -0.542. The third-order valence-corrected chi connectivity index (χ3v) is 4.41. The Labute approximate surface area is 191 Å². The first kappa shape index (κ1) is 24.3. The van der Waals surface area contributed by atoms with Gasteiger partial charge in [0.1, 0.15) is 28.6 Å². The van der Waals surface area contributed by atoms with Crippen LogP contribution in [0.2, 0.25) is 0 Å². The maximum Gasteiger partial charge on any atom is 0.417 e. The SMILES string of the molecule is CNC(=O)c1cc(Oc2ccc(OCC(=O)Nc3cc(C(F)(F)F)cn(C)c3=O)cc2)ccn1. The number of anilines is 1. The first-order valence-corrected chi connectivity index (χ1v) is 9.73. The van der Waals surface area contributed by atoms with Gasteiger partial charge in [-0.05, 0) is 36.4 Å². The van der Waals surface area contributed by atoms with Crippen molar-refractivity contribution in [3.63, 3.8) is 0 Å². The first-order chi connectivity index (χ1) is 16.1. The van der Waals surface area contributed by atoms with Crippen LogP contribution in [0.4, 0.5) is 18.9 Å². The molecular weight excluding hydrogens is 457 g/mol. The molecule has 2 amide bonds. The zero-order valence-corrected chi connectivity index (χ0v) is 18.0. The number of alkyl halides is 3. The molecular formula is C22H19F3N4O5. The molecule has 0 unspecified atom stereocenters. The van der Waals surface area contributed by atoms with Crippen molar-refractivity contribution in [3.05, 3.63) is 76.5 Å². The monoisotopic (exact) mass is 476 g/mol. The number of carbonyl (C=O) groups excluding carboxylic acids is 2. The van der Waals surface area contributed by atoms with Crippen LogP contribution in [0.3, 0.4) is 0 Å². The van der Waals surface area contributed by atoms with Crippen LogP contribution in [0.15, 0.2) is 59.7 Å². The summed E-state index contributed by atoms with van der Waals surface area (Å²) in [7, 11) is 2.63. The Morgan fingerprint density at radius 1 is 1.06 bits per heavy atom. The predicted octanol–water partition coefficient (Wildman–Crippen LogP) is 2.97. The molecule has 3 rings (SSSR count). The van der Waals surface area contributed by atoms with Gasteiger partial charge in [0.15, 0.2) is 6.61 Å². The summed E-state index contributed by atoms with van der Waals surface area (Å²) in [6, 6.07) is 9.72. The standard InChI is InChI=1S/C22H19F3N4O5/c1-26-20(31)17-10-16(7-8-27-17)34-15-5-3-14(4-6-15)33-12-19(30)28-18-9-13(22(23,24)25)11-29(2)21(18)32/h3-11H,12H2,1-2H3,(H,26,31)(H,28,30). The van der Waals surface area contributed by atoms with Gasteiger partial charge >= 0.3 is 6.18 Å². The number of rotatable bonds is 7. The Hall–Kier alpha value is -4.35. The molecule has 0 aliphatic heterocycles. The minimum Gasteiger partial charge on any atom is -0.484 e. The molecule has 34 heavy (non-hydrogen) atoms. The minimum atomic E-state index is -4.68. The molecule has 0 radical (unpaired) electrons. The second-order valence-corrected chi connectivity index (χ2v) is 6.92. The predicted molar refractivity (Wildman–Crippen MR) is 115 cm³/mol. The zero-order chi connectivity index (χ0) is 24.9. The topological polar surface area (TPSA) is 112 Å². The molecule has 12 heteroatoms. The van der Waals surface area contributed by atoms with E-state index in [1.807, 2.05) is 0 Å². The lowest BCUT2D eigenvalue weighted by Gasteiger charge is -2.12. The highest BCUT2D eigenvalue weighted by molar-refractivity contribution is 5.92. The van der Waals surface area contributed by atoms with E-state index in [2.05, 4.69) is 15.6 Å². The van der Waals surface area contributed by atoms with Gasteiger partial charge in [-0.1, -0.05) is 0 Å². The molecule has 178 valence electrons. The van der Waals surface area contributed by atoms with Crippen molar-refractivity contribution in [3.8, 4) is 17.2 Å². The Balaban J connectivity index is 1.60. The Kier molecular flexibility index (Phi) is 7.19. The maximum absolute atomic E-state index is 12.9. The van der Waals surface area contributed by atoms with E-state index in [1.54, 1.807) is 18.2 Å². The van der Waals surface area contributed by atoms with Crippen molar-refractivity contribution in [1.82, 2.24) is 14.9 Å². The van der Waals surface area contributed by atoms with Gasteiger partial charge in [-0.3, -0.25) is 19.4 Å². The third-order valence-electron chi connectivity index (χ3n) is 4.41. The summed E-state index contributed by atoms with van der Waals surface area (Å²) < 4.78 is 50.5. The van der Waals surface area contributed by atoms with E-state index in [0.29, 0.717) is 23.8 Å². The van der Waals surface area contributed by atoms with Gasteiger partial charge in [0.2, 0.25) is 0 Å². The van der Waals surface area contributed by atoms with Crippen molar-refractivity contribution in [2.45, 2.75) is 6.18 Å². The van der Waals surface area contributed by atoms with Gasteiger partial charge in [-0.2, -0.15) is 13.2 Å². The lowest BCUT2D eigenvalue weighted by atomic mass is 10.2. The molecule has 2 aromatic heterocycles. The van der Waals surface area contributed by atoms with Crippen LogP contribution in [0.1, 0.15) is 16.1 Å². The quantitative estimate of drug-likeness (QED) is 0.543. The highest BCUT2D eigenvalue weighted by atomic mass is 19.4. The van der Waals surface area contributed by atoms with E-state index in [4.69, 9.17) is 9.47 Å². The number of aromatic nitrogens is 2. The number of aryl methyl sites for hydroxylation is 1. The van der Waals surface area contributed by atoms with Gasteiger partial charge in [-0.25, -0.2) is 0 Å².